The molecule has 0 aliphatic heterocycles. The van der Waals surface area contributed by atoms with Crippen LogP contribution in [0, 0.1) is 5.92 Å². The molecule has 0 amide bonds. The third-order valence-corrected chi connectivity index (χ3v) is 2.84. The molecule has 1 aromatic carbocycles. The Morgan fingerprint density at radius 1 is 1.38 bits per heavy atom. The number of furan rings is 1. The number of hydrogen-bond donors (Lipinski definition) is 2. The van der Waals surface area contributed by atoms with Gasteiger partial charge in [0.15, 0.2) is 0 Å². The van der Waals surface area contributed by atoms with Gasteiger partial charge < -0.3 is 15.5 Å². The molecule has 2 rings (SSSR count). The highest BCUT2D eigenvalue weighted by Gasteiger charge is 2.04. The fraction of sp³-hybridized carbons (Fsp3) is 0.385. The Hall–Kier alpha value is -1.48. The molecule has 0 saturated carbocycles. The molecule has 0 saturated heterocycles. The van der Waals surface area contributed by atoms with Crippen LogP contribution >= 0.6 is 0 Å². The Labute approximate surface area is 95.6 Å². The molecule has 3 heteroatoms. The minimum absolute atomic E-state index is 0.561. The zero-order valence-corrected chi connectivity index (χ0v) is 9.57. The van der Waals surface area contributed by atoms with Crippen molar-refractivity contribution in [3.63, 3.8) is 0 Å². The minimum Gasteiger partial charge on any atom is -0.462 e. The Kier molecular flexibility index (Phi) is 3.47. The van der Waals surface area contributed by atoms with Crippen LogP contribution < -0.4 is 11.1 Å². The van der Waals surface area contributed by atoms with Crippen molar-refractivity contribution in [2.75, 3.05) is 18.4 Å². The Morgan fingerprint density at radius 2 is 2.19 bits per heavy atom. The van der Waals surface area contributed by atoms with Crippen molar-refractivity contribution >= 4 is 16.7 Å². The van der Waals surface area contributed by atoms with Crippen LogP contribution in [0.2, 0.25) is 0 Å². The predicted octanol–water partition coefficient (Wildman–Crippen LogP) is 2.83. The fourth-order valence-corrected chi connectivity index (χ4v) is 1.69. The third-order valence-electron chi connectivity index (χ3n) is 2.84. The van der Waals surface area contributed by atoms with Crippen LogP contribution in [0.3, 0.4) is 0 Å². The zero-order chi connectivity index (χ0) is 11.4. The molecule has 0 spiro atoms. The van der Waals surface area contributed by atoms with Gasteiger partial charge in [0, 0.05) is 11.9 Å². The summed E-state index contributed by atoms with van der Waals surface area (Å²) < 4.78 is 5.45. The summed E-state index contributed by atoms with van der Waals surface area (Å²) in [6, 6.07) is 8.04. The topological polar surface area (TPSA) is 51.2 Å². The lowest BCUT2D eigenvalue weighted by molar-refractivity contribution is 0.560. The second-order valence-corrected chi connectivity index (χ2v) is 4.20. The van der Waals surface area contributed by atoms with E-state index in [0.717, 1.165) is 36.2 Å². The first-order valence-corrected chi connectivity index (χ1v) is 5.71. The lowest BCUT2D eigenvalue weighted by atomic mass is 10.1. The number of anilines is 1. The van der Waals surface area contributed by atoms with E-state index in [9.17, 15) is 0 Å². The van der Waals surface area contributed by atoms with Crippen molar-refractivity contribution in [1.82, 2.24) is 0 Å². The van der Waals surface area contributed by atoms with E-state index < -0.39 is 0 Å². The molecule has 86 valence electrons. The summed E-state index contributed by atoms with van der Waals surface area (Å²) >= 11 is 0. The second kappa shape index (κ2) is 5.03. The van der Waals surface area contributed by atoms with Crippen molar-refractivity contribution in [3.05, 3.63) is 30.5 Å². The molecule has 3 nitrogen and oxygen atoms in total. The van der Waals surface area contributed by atoms with Gasteiger partial charge in [-0.15, -0.1) is 0 Å². The van der Waals surface area contributed by atoms with Gasteiger partial charge in [0.2, 0.25) is 0 Å². The molecule has 16 heavy (non-hydrogen) atoms. The summed E-state index contributed by atoms with van der Waals surface area (Å²) in [6.45, 7) is 3.84. The maximum absolute atomic E-state index is 5.58. The van der Waals surface area contributed by atoms with Gasteiger partial charge in [0.25, 0.3) is 0 Å². The number of benzene rings is 1. The number of para-hydroxylation sites is 1. The minimum atomic E-state index is 0.561. The summed E-state index contributed by atoms with van der Waals surface area (Å²) in [6.07, 6.45) is 2.85. The van der Waals surface area contributed by atoms with E-state index in [4.69, 9.17) is 10.2 Å². The average Bonchev–Trinajstić information content (AvgIpc) is 2.73. The van der Waals surface area contributed by atoms with Crippen LogP contribution in [-0.4, -0.2) is 13.1 Å². The number of rotatable bonds is 5. The van der Waals surface area contributed by atoms with Crippen molar-refractivity contribution in [3.8, 4) is 0 Å². The van der Waals surface area contributed by atoms with Gasteiger partial charge in [-0.05, 0) is 31.0 Å². The van der Waals surface area contributed by atoms with Crippen molar-refractivity contribution in [2.45, 2.75) is 13.3 Å². The molecule has 3 N–H and O–H groups in total. The van der Waals surface area contributed by atoms with Crippen molar-refractivity contribution < 1.29 is 4.42 Å². The van der Waals surface area contributed by atoms with Crippen LogP contribution in [-0.2, 0) is 0 Å². The second-order valence-electron chi connectivity index (χ2n) is 4.20. The normalized spacial score (nSPS) is 12.9. The summed E-state index contributed by atoms with van der Waals surface area (Å²) in [5.41, 5.74) is 7.57. The highest BCUT2D eigenvalue weighted by molar-refractivity contribution is 5.90. The van der Waals surface area contributed by atoms with Gasteiger partial charge in [-0.3, -0.25) is 0 Å². The van der Waals surface area contributed by atoms with Gasteiger partial charge in [-0.25, -0.2) is 0 Å². The molecule has 2 aromatic rings. The molecule has 1 atom stereocenters. The van der Waals surface area contributed by atoms with Crippen molar-refractivity contribution in [1.29, 1.82) is 0 Å². The first kappa shape index (κ1) is 11.0. The standard InChI is InChI=1S/C13H18N2O/c1-10(8-14)6-7-15-12-9-16-13-5-3-2-4-11(12)13/h2-5,9-10,15H,6-8,14H2,1H3. The van der Waals surface area contributed by atoms with Crippen LogP contribution in [0.15, 0.2) is 34.9 Å². The van der Waals surface area contributed by atoms with Gasteiger partial charge in [0.1, 0.15) is 11.8 Å². The lowest BCUT2D eigenvalue weighted by Gasteiger charge is -2.08. The summed E-state index contributed by atoms with van der Waals surface area (Å²) in [7, 11) is 0. The van der Waals surface area contributed by atoms with Gasteiger partial charge >= 0.3 is 0 Å². The number of nitrogens with two attached hydrogens (primary N) is 1. The maximum Gasteiger partial charge on any atom is 0.136 e. The Morgan fingerprint density at radius 3 is 3.00 bits per heavy atom. The molecule has 1 heterocycles. The number of nitrogens with one attached hydrogen (secondary N) is 1. The van der Waals surface area contributed by atoms with E-state index in [1.54, 1.807) is 6.26 Å². The predicted molar refractivity (Wildman–Crippen MR) is 67.5 cm³/mol. The van der Waals surface area contributed by atoms with Crippen molar-refractivity contribution in [2.24, 2.45) is 11.7 Å². The fourth-order valence-electron chi connectivity index (χ4n) is 1.69. The van der Waals surface area contributed by atoms with Crippen LogP contribution in [0.4, 0.5) is 5.69 Å². The van der Waals surface area contributed by atoms with E-state index in [2.05, 4.69) is 18.3 Å². The molecular weight excluding hydrogens is 200 g/mol. The molecule has 0 radical (unpaired) electrons. The first-order chi connectivity index (χ1) is 7.81. The molecule has 0 fully saturated rings. The molecule has 0 aliphatic rings. The van der Waals surface area contributed by atoms with Gasteiger partial charge in [-0.1, -0.05) is 19.1 Å². The molecule has 1 aromatic heterocycles. The summed E-state index contributed by atoms with van der Waals surface area (Å²) in [4.78, 5) is 0. The van der Waals surface area contributed by atoms with E-state index >= 15 is 0 Å². The largest absolute Gasteiger partial charge is 0.462 e. The van der Waals surface area contributed by atoms with Gasteiger partial charge in [0.05, 0.1) is 5.69 Å². The first-order valence-electron chi connectivity index (χ1n) is 5.71. The van der Waals surface area contributed by atoms with E-state index in [1.807, 2.05) is 18.2 Å². The smallest absolute Gasteiger partial charge is 0.136 e. The summed E-state index contributed by atoms with van der Waals surface area (Å²) in [5, 5.41) is 4.53. The monoisotopic (exact) mass is 218 g/mol. The highest BCUT2D eigenvalue weighted by atomic mass is 16.3. The van der Waals surface area contributed by atoms with E-state index in [1.165, 1.54) is 0 Å². The lowest BCUT2D eigenvalue weighted by Crippen LogP contribution is -2.14. The Bertz CT molecular complexity index is 450. The van der Waals surface area contributed by atoms with Crippen LogP contribution in [0.5, 0.6) is 0 Å². The maximum atomic E-state index is 5.58. The quantitative estimate of drug-likeness (QED) is 0.811. The number of hydrogen-bond acceptors (Lipinski definition) is 3. The number of fused-ring (bicyclic) bond motifs is 1. The highest BCUT2D eigenvalue weighted by Crippen LogP contribution is 2.25. The average molecular weight is 218 g/mol. The van der Waals surface area contributed by atoms with Gasteiger partial charge in [-0.2, -0.15) is 0 Å². The molecular formula is C13H18N2O. The molecule has 0 bridgehead atoms. The van der Waals surface area contributed by atoms with Crippen LogP contribution in [0.25, 0.3) is 11.0 Å². The summed E-state index contributed by atoms with van der Waals surface area (Å²) in [5.74, 6) is 0.561. The molecule has 0 aliphatic carbocycles. The SMILES string of the molecule is CC(CN)CCNc1coc2ccccc12. The third kappa shape index (κ3) is 2.36. The van der Waals surface area contributed by atoms with E-state index in [0.29, 0.717) is 5.92 Å². The zero-order valence-electron chi connectivity index (χ0n) is 9.57. The Balaban J connectivity index is 1.99. The molecule has 1 unspecified atom stereocenters. The van der Waals surface area contributed by atoms with Crippen LogP contribution in [0.1, 0.15) is 13.3 Å². The van der Waals surface area contributed by atoms with E-state index in [-0.39, 0.29) is 0 Å².